The first-order valence-electron chi connectivity index (χ1n) is 8.37. The summed E-state index contributed by atoms with van der Waals surface area (Å²) < 4.78 is 28.3. The smallest absolute Gasteiger partial charge is 0.331 e. The van der Waals surface area contributed by atoms with Crippen LogP contribution < -0.4 is 0 Å². The molecular formula is C21H20O4S. The van der Waals surface area contributed by atoms with Gasteiger partial charge in [0.05, 0.1) is 11.5 Å². The zero-order valence-electron chi connectivity index (χ0n) is 14.7. The number of carbonyl (C=O) groups excluding carboxylic acids is 1. The van der Waals surface area contributed by atoms with Gasteiger partial charge in [-0.15, -0.1) is 0 Å². The minimum atomic E-state index is -3.22. The van der Waals surface area contributed by atoms with Gasteiger partial charge in [0, 0.05) is 12.3 Å². The van der Waals surface area contributed by atoms with Crippen molar-refractivity contribution in [3.63, 3.8) is 0 Å². The number of esters is 1. The summed E-state index contributed by atoms with van der Waals surface area (Å²) in [5.74, 6) is -0.345. The molecule has 0 amide bonds. The lowest BCUT2D eigenvalue weighted by Gasteiger charge is -2.28. The molecule has 0 fully saturated rings. The molecule has 0 spiro atoms. The van der Waals surface area contributed by atoms with Crippen LogP contribution in [-0.2, 0) is 19.4 Å². The summed E-state index contributed by atoms with van der Waals surface area (Å²) in [7, 11) is -3.22. The minimum Gasteiger partial charge on any atom is -0.463 e. The van der Waals surface area contributed by atoms with Crippen LogP contribution in [0.2, 0.25) is 0 Å². The molecular weight excluding hydrogens is 348 g/mol. The van der Waals surface area contributed by atoms with E-state index in [0.29, 0.717) is 17.9 Å². The van der Waals surface area contributed by atoms with Crippen molar-refractivity contribution >= 4 is 27.0 Å². The van der Waals surface area contributed by atoms with Crippen LogP contribution in [0.1, 0.15) is 24.5 Å². The van der Waals surface area contributed by atoms with Gasteiger partial charge in [-0.05, 0) is 53.3 Å². The summed E-state index contributed by atoms with van der Waals surface area (Å²) in [4.78, 5) is 12.1. The van der Waals surface area contributed by atoms with E-state index in [1.54, 1.807) is 25.1 Å². The third-order valence-electron chi connectivity index (χ3n) is 4.26. The monoisotopic (exact) mass is 368 g/mol. The Bertz CT molecular complexity index is 982. The standard InChI is InChI=1S/C21H20O4S/c1-3-25-20(22)14-17-13-19(21(17)16-7-5-4-6-8-16)15-9-11-18(12-10-15)26(2,23)24/h4-12,14H,3,13H2,1-2H3/b17-14+. The van der Waals surface area contributed by atoms with Gasteiger partial charge in [-0.25, -0.2) is 13.2 Å². The molecule has 1 aliphatic rings. The first-order chi connectivity index (χ1) is 12.4. The molecule has 0 aromatic heterocycles. The lowest BCUT2D eigenvalue weighted by atomic mass is 9.75. The van der Waals surface area contributed by atoms with E-state index in [1.807, 2.05) is 42.5 Å². The first-order valence-corrected chi connectivity index (χ1v) is 10.3. The Labute approximate surface area is 153 Å². The number of rotatable bonds is 5. The second-order valence-electron chi connectivity index (χ2n) is 6.11. The number of benzene rings is 2. The summed E-state index contributed by atoms with van der Waals surface area (Å²) in [6.45, 7) is 2.12. The average molecular weight is 368 g/mol. The first kappa shape index (κ1) is 18.1. The molecule has 0 saturated carbocycles. The van der Waals surface area contributed by atoms with Crippen molar-refractivity contribution in [1.29, 1.82) is 0 Å². The van der Waals surface area contributed by atoms with E-state index >= 15 is 0 Å². The molecule has 0 saturated heterocycles. The molecule has 26 heavy (non-hydrogen) atoms. The number of sulfone groups is 1. The van der Waals surface area contributed by atoms with E-state index in [0.717, 1.165) is 27.8 Å². The molecule has 0 bridgehead atoms. The topological polar surface area (TPSA) is 60.4 Å². The van der Waals surface area contributed by atoms with Gasteiger partial charge in [-0.1, -0.05) is 42.5 Å². The Balaban J connectivity index is 2.04. The fourth-order valence-corrected chi connectivity index (χ4v) is 3.65. The second kappa shape index (κ2) is 7.30. The molecule has 2 aromatic rings. The summed E-state index contributed by atoms with van der Waals surface area (Å²) >= 11 is 0. The second-order valence-corrected chi connectivity index (χ2v) is 8.13. The highest BCUT2D eigenvalue weighted by Gasteiger charge is 2.26. The third kappa shape index (κ3) is 3.78. The number of hydrogen-bond acceptors (Lipinski definition) is 4. The summed E-state index contributed by atoms with van der Waals surface area (Å²) in [6, 6.07) is 16.7. The zero-order valence-corrected chi connectivity index (χ0v) is 15.5. The van der Waals surface area contributed by atoms with Crippen LogP contribution in [0.3, 0.4) is 0 Å². The highest BCUT2D eigenvalue weighted by Crippen LogP contribution is 2.46. The van der Waals surface area contributed by atoms with E-state index in [1.165, 1.54) is 6.26 Å². The van der Waals surface area contributed by atoms with Crippen LogP contribution in [0.4, 0.5) is 0 Å². The Morgan fingerprint density at radius 2 is 1.69 bits per heavy atom. The SMILES string of the molecule is CCOC(=O)/C=C1\CC(c2ccc(S(C)(=O)=O)cc2)=C1c1ccccc1. The van der Waals surface area contributed by atoms with Crippen molar-refractivity contribution in [2.75, 3.05) is 12.9 Å². The molecule has 134 valence electrons. The highest BCUT2D eigenvalue weighted by atomic mass is 32.2. The number of hydrogen-bond donors (Lipinski definition) is 0. The molecule has 3 rings (SSSR count). The Hall–Kier alpha value is -2.66. The normalized spacial score (nSPS) is 15.7. The summed E-state index contributed by atoms with van der Waals surface area (Å²) in [6.07, 6.45) is 3.38. The fraction of sp³-hybridized carbons (Fsp3) is 0.190. The van der Waals surface area contributed by atoms with Crippen molar-refractivity contribution in [3.05, 3.63) is 77.4 Å². The Morgan fingerprint density at radius 3 is 2.27 bits per heavy atom. The van der Waals surface area contributed by atoms with Gasteiger partial charge in [0.15, 0.2) is 9.84 Å². The molecule has 1 aliphatic carbocycles. The van der Waals surface area contributed by atoms with Gasteiger partial charge in [0.2, 0.25) is 0 Å². The highest BCUT2D eigenvalue weighted by molar-refractivity contribution is 7.90. The quantitative estimate of drug-likeness (QED) is 0.593. The fourth-order valence-electron chi connectivity index (χ4n) is 3.02. The van der Waals surface area contributed by atoms with E-state index in [4.69, 9.17) is 4.74 Å². The molecule has 0 atom stereocenters. The van der Waals surface area contributed by atoms with E-state index in [9.17, 15) is 13.2 Å². The molecule has 4 nitrogen and oxygen atoms in total. The Morgan fingerprint density at radius 1 is 1.04 bits per heavy atom. The van der Waals surface area contributed by atoms with Gasteiger partial charge in [0.1, 0.15) is 0 Å². The van der Waals surface area contributed by atoms with Crippen LogP contribution in [0, 0.1) is 0 Å². The van der Waals surface area contributed by atoms with E-state index < -0.39 is 9.84 Å². The van der Waals surface area contributed by atoms with Crippen molar-refractivity contribution in [2.45, 2.75) is 18.2 Å². The van der Waals surface area contributed by atoms with Crippen LogP contribution in [0.5, 0.6) is 0 Å². The predicted octanol–water partition coefficient (Wildman–Crippen LogP) is 3.89. The van der Waals surface area contributed by atoms with Crippen molar-refractivity contribution in [3.8, 4) is 0 Å². The van der Waals surface area contributed by atoms with E-state index in [-0.39, 0.29) is 5.97 Å². The summed E-state index contributed by atoms with van der Waals surface area (Å²) in [5.41, 5.74) is 5.00. The molecule has 0 heterocycles. The Kier molecular flexibility index (Phi) is 5.09. The number of ether oxygens (including phenoxy) is 1. The molecule has 0 unspecified atom stereocenters. The van der Waals surface area contributed by atoms with Crippen molar-refractivity contribution in [2.24, 2.45) is 0 Å². The maximum atomic E-state index is 11.8. The minimum absolute atomic E-state index is 0.296. The predicted molar refractivity (Wildman–Crippen MR) is 102 cm³/mol. The number of allylic oxidation sites excluding steroid dienone is 3. The summed E-state index contributed by atoms with van der Waals surface area (Å²) in [5, 5.41) is 0. The lowest BCUT2D eigenvalue weighted by molar-refractivity contribution is -0.137. The van der Waals surface area contributed by atoms with Crippen LogP contribution in [0.25, 0.3) is 11.1 Å². The largest absolute Gasteiger partial charge is 0.463 e. The van der Waals surface area contributed by atoms with Crippen molar-refractivity contribution in [1.82, 2.24) is 0 Å². The van der Waals surface area contributed by atoms with Gasteiger partial charge in [-0.3, -0.25) is 0 Å². The van der Waals surface area contributed by atoms with Gasteiger partial charge < -0.3 is 4.74 Å². The van der Waals surface area contributed by atoms with Crippen molar-refractivity contribution < 1.29 is 17.9 Å². The zero-order chi connectivity index (χ0) is 18.7. The van der Waals surface area contributed by atoms with Gasteiger partial charge in [-0.2, -0.15) is 0 Å². The average Bonchev–Trinajstić information content (AvgIpc) is 2.59. The lowest BCUT2D eigenvalue weighted by Crippen LogP contribution is -2.11. The maximum Gasteiger partial charge on any atom is 0.331 e. The van der Waals surface area contributed by atoms with Gasteiger partial charge in [0.25, 0.3) is 0 Å². The van der Waals surface area contributed by atoms with Crippen LogP contribution in [0.15, 0.2) is 71.1 Å². The molecule has 0 N–H and O–H groups in total. The molecule has 2 aromatic carbocycles. The third-order valence-corrected chi connectivity index (χ3v) is 5.39. The molecule has 0 aliphatic heterocycles. The maximum absolute atomic E-state index is 11.8. The molecule has 5 heteroatoms. The number of carbonyl (C=O) groups is 1. The van der Waals surface area contributed by atoms with Crippen LogP contribution >= 0.6 is 0 Å². The van der Waals surface area contributed by atoms with Crippen LogP contribution in [-0.4, -0.2) is 27.2 Å². The molecule has 0 radical (unpaired) electrons. The van der Waals surface area contributed by atoms with Gasteiger partial charge >= 0.3 is 5.97 Å². The van der Waals surface area contributed by atoms with E-state index in [2.05, 4.69) is 0 Å².